The normalized spacial score (nSPS) is 11.2. The predicted octanol–water partition coefficient (Wildman–Crippen LogP) is 2.33. The van der Waals surface area contributed by atoms with Crippen LogP contribution in [0.4, 0.5) is 5.69 Å². The van der Waals surface area contributed by atoms with E-state index in [0.29, 0.717) is 10.3 Å². The van der Waals surface area contributed by atoms with Crippen LogP contribution in [0.5, 0.6) is 11.5 Å². The molecular formula is C18H16ClN3O5S. The molecule has 8 nitrogen and oxygen atoms in total. The summed E-state index contributed by atoms with van der Waals surface area (Å²) >= 11 is 6.00. The maximum Gasteiger partial charge on any atom is 0.330 e. The molecule has 0 unspecified atom stereocenters. The second kappa shape index (κ2) is 7.53. The summed E-state index contributed by atoms with van der Waals surface area (Å²) < 4.78 is 35.4. The van der Waals surface area contributed by atoms with Crippen LogP contribution in [0.25, 0.3) is 0 Å². The lowest BCUT2D eigenvalue weighted by molar-refractivity contribution is 0.485. The van der Waals surface area contributed by atoms with Crippen molar-refractivity contribution in [3.05, 3.63) is 80.6 Å². The average Bonchev–Trinajstić information content (AvgIpc) is 2.65. The van der Waals surface area contributed by atoms with Crippen LogP contribution in [0.3, 0.4) is 0 Å². The summed E-state index contributed by atoms with van der Waals surface area (Å²) in [5.41, 5.74) is -1.53. The summed E-state index contributed by atoms with van der Waals surface area (Å²) in [6.07, 6.45) is 0.968. The lowest BCUT2D eigenvalue weighted by Crippen LogP contribution is -2.40. The SMILES string of the molecule is Cn1cc(S(=O)(=O)Nc2cc(Cl)ccc2Oc2ccccc2)c(=O)n(C)c1=O. The van der Waals surface area contributed by atoms with Gasteiger partial charge in [-0.3, -0.25) is 14.1 Å². The highest BCUT2D eigenvalue weighted by Crippen LogP contribution is 2.33. The Morgan fingerprint density at radius 3 is 2.39 bits per heavy atom. The number of halogens is 1. The maximum atomic E-state index is 12.8. The van der Waals surface area contributed by atoms with Crippen LogP contribution in [-0.2, 0) is 24.1 Å². The molecule has 10 heteroatoms. The molecule has 28 heavy (non-hydrogen) atoms. The quantitative estimate of drug-likeness (QED) is 0.681. The molecule has 2 aromatic carbocycles. The number of anilines is 1. The van der Waals surface area contributed by atoms with Gasteiger partial charge in [-0.05, 0) is 30.3 Å². The van der Waals surface area contributed by atoms with Crippen LogP contribution in [0, 0.1) is 0 Å². The van der Waals surface area contributed by atoms with E-state index in [4.69, 9.17) is 16.3 Å². The zero-order chi connectivity index (χ0) is 20.5. The average molecular weight is 422 g/mol. The van der Waals surface area contributed by atoms with Gasteiger partial charge >= 0.3 is 5.69 Å². The molecule has 1 aromatic heterocycles. The van der Waals surface area contributed by atoms with Gasteiger partial charge in [-0.2, -0.15) is 0 Å². The van der Waals surface area contributed by atoms with E-state index in [9.17, 15) is 18.0 Å². The molecule has 0 saturated carbocycles. The summed E-state index contributed by atoms with van der Waals surface area (Å²) in [7, 11) is -1.77. The van der Waals surface area contributed by atoms with Gasteiger partial charge in [-0.25, -0.2) is 13.2 Å². The fourth-order valence-corrected chi connectivity index (χ4v) is 3.84. The van der Waals surface area contributed by atoms with Gasteiger partial charge in [-0.15, -0.1) is 0 Å². The molecule has 0 saturated heterocycles. The standard InChI is InChI=1S/C18H16ClN3O5S/c1-21-11-16(17(23)22(2)18(21)24)28(25,26)20-14-10-12(19)8-9-15(14)27-13-6-4-3-5-7-13/h3-11,20H,1-2H3. The third kappa shape index (κ3) is 3.95. The van der Waals surface area contributed by atoms with E-state index in [-0.39, 0.29) is 16.5 Å². The van der Waals surface area contributed by atoms with Crippen molar-refractivity contribution in [2.45, 2.75) is 4.90 Å². The first-order valence-electron chi connectivity index (χ1n) is 8.01. The van der Waals surface area contributed by atoms with E-state index in [1.165, 1.54) is 26.2 Å². The van der Waals surface area contributed by atoms with E-state index >= 15 is 0 Å². The van der Waals surface area contributed by atoms with Gasteiger partial charge in [-0.1, -0.05) is 29.8 Å². The van der Waals surface area contributed by atoms with Crippen molar-refractivity contribution >= 4 is 27.3 Å². The number of hydrogen-bond donors (Lipinski definition) is 1. The van der Waals surface area contributed by atoms with Crippen molar-refractivity contribution in [3.63, 3.8) is 0 Å². The summed E-state index contributed by atoms with van der Waals surface area (Å²) in [6.45, 7) is 0. The van der Waals surface area contributed by atoms with E-state index in [2.05, 4.69) is 4.72 Å². The Balaban J connectivity index is 2.05. The second-order valence-corrected chi connectivity index (χ2v) is 8.00. The molecule has 0 fully saturated rings. The van der Waals surface area contributed by atoms with Crippen LogP contribution >= 0.6 is 11.6 Å². The minimum absolute atomic E-state index is 0.0484. The fraction of sp³-hybridized carbons (Fsp3) is 0.111. The van der Waals surface area contributed by atoms with Gasteiger partial charge in [0, 0.05) is 25.3 Å². The monoisotopic (exact) mass is 421 g/mol. The molecule has 1 N–H and O–H groups in total. The minimum Gasteiger partial charge on any atom is -0.455 e. The first kappa shape index (κ1) is 19.7. The molecule has 0 aliphatic carbocycles. The van der Waals surface area contributed by atoms with Crippen molar-refractivity contribution in [3.8, 4) is 11.5 Å². The van der Waals surface area contributed by atoms with Gasteiger partial charge in [0.05, 0.1) is 5.69 Å². The Labute approximate surface area is 165 Å². The highest BCUT2D eigenvalue weighted by atomic mass is 35.5. The summed E-state index contributed by atoms with van der Waals surface area (Å²) in [5.74, 6) is 0.684. The predicted molar refractivity (Wildman–Crippen MR) is 106 cm³/mol. The second-order valence-electron chi connectivity index (χ2n) is 5.91. The van der Waals surface area contributed by atoms with E-state index in [0.717, 1.165) is 10.8 Å². The molecule has 0 atom stereocenters. The van der Waals surface area contributed by atoms with Crippen LogP contribution in [-0.4, -0.2) is 17.6 Å². The van der Waals surface area contributed by atoms with E-state index < -0.39 is 26.2 Å². The summed E-state index contributed by atoms with van der Waals surface area (Å²) in [5, 5.41) is 0.270. The van der Waals surface area contributed by atoms with Crippen LogP contribution in [0.15, 0.2) is 69.2 Å². The fourth-order valence-electron chi connectivity index (χ4n) is 2.45. The van der Waals surface area contributed by atoms with Crippen molar-refractivity contribution < 1.29 is 13.2 Å². The lowest BCUT2D eigenvalue weighted by atomic mass is 10.3. The Morgan fingerprint density at radius 2 is 1.71 bits per heavy atom. The number of hydrogen-bond acceptors (Lipinski definition) is 5. The molecule has 0 amide bonds. The largest absolute Gasteiger partial charge is 0.455 e. The van der Waals surface area contributed by atoms with Gasteiger partial charge in [0.2, 0.25) is 0 Å². The number of sulfonamides is 1. The smallest absolute Gasteiger partial charge is 0.330 e. The van der Waals surface area contributed by atoms with Crippen molar-refractivity contribution in [1.29, 1.82) is 0 Å². The number of para-hydroxylation sites is 1. The van der Waals surface area contributed by atoms with Gasteiger partial charge in [0.25, 0.3) is 15.6 Å². The summed E-state index contributed by atoms with van der Waals surface area (Å²) in [6, 6.07) is 13.2. The highest BCUT2D eigenvalue weighted by molar-refractivity contribution is 7.92. The number of benzene rings is 2. The molecule has 0 radical (unpaired) electrons. The third-order valence-electron chi connectivity index (χ3n) is 3.86. The van der Waals surface area contributed by atoms with Crippen LogP contribution in [0.2, 0.25) is 5.02 Å². The summed E-state index contributed by atoms with van der Waals surface area (Å²) in [4.78, 5) is 23.5. The van der Waals surface area contributed by atoms with Crippen LogP contribution in [0.1, 0.15) is 0 Å². The molecular weight excluding hydrogens is 406 g/mol. The van der Waals surface area contributed by atoms with Crippen molar-refractivity contribution in [2.75, 3.05) is 4.72 Å². The number of ether oxygens (including phenoxy) is 1. The Bertz CT molecular complexity index is 1250. The first-order chi connectivity index (χ1) is 13.2. The molecule has 146 valence electrons. The van der Waals surface area contributed by atoms with Gasteiger partial charge in [0.15, 0.2) is 10.6 Å². The Morgan fingerprint density at radius 1 is 1.04 bits per heavy atom. The third-order valence-corrected chi connectivity index (χ3v) is 5.44. The lowest BCUT2D eigenvalue weighted by Gasteiger charge is -2.14. The first-order valence-corrected chi connectivity index (χ1v) is 9.87. The molecule has 0 aliphatic rings. The van der Waals surface area contributed by atoms with E-state index in [1.807, 2.05) is 6.07 Å². The number of nitrogens with zero attached hydrogens (tertiary/aromatic N) is 2. The number of rotatable bonds is 5. The molecule has 0 bridgehead atoms. The number of aromatic nitrogens is 2. The number of nitrogens with one attached hydrogen (secondary N) is 1. The van der Waals surface area contributed by atoms with Gasteiger partial charge < -0.3 is 9.30 Å². The molecule has 0 aliphatic heterocycles. The Hall–Kier alpha value is -3.04. The number of aryl methyl sites for hydroxylation is 1. The minimum atomic E-state index is -4.32. The zero-order valence-electron chi connectivity index (χ0n) is 14.9. The Kier molecular flexibility index (Phi) is 5.30. The molecule has 1 heterocycles. The topological polar surface area (TPSA) is 99.4 Å². The van der Waals surface area contributed by atoms with Gasteiger partial charge in [0.1, 0.15) is 5.75 Å². The zero-order valence-corrected chi connectivity index (χ0v) is 16.5. The van der Waals surface area contributed by atoms with Crippen LogP contribution < -0.4 is 20.7 Å². The molecule has 0 spiro atoms. The van der Waals surface area contributed by atoms with Crippen molar-refractivity contribution in [1.82, 2.24) is 9.13 Å². The van der Waals surface area contributed by atoms with Crippen molar-refractivity contribution in [2.24, 2.45) is 14.1 Å². The maximum absolute atomic E-state index is 12.8. The molecule has 3 aromatic rings. The highest BCUT2D eigenvalue weighted by Gasteiger charge is 2.23. The molecule has 3 rings (SSSR count). The van der Waals surface area contributed by atoms with E-state index in [1.54, 1.807) is 30.3 Å².